The van der Waals surface area contributed by atoms with E-state index in [2.05, 4.69) is 19.7 Å². The number of thioether (sulfide) groups is 1. The first-order valence-corrected chi connectivity index (χ1v) is 11.8. The number of rotatable bonds is 7. The van der Waals surface area contributed by atoms with Crippen LogP contribution in [0.5, 0.6) is 5.75 Å². The molecule has 1 fully saturated rings. The van der Waals surface area contributed by atoms with Crippen molar-refractivity contribution in [3.8, 4) is 11.4 Å². The number of aromatic nitrogens is 3. The molecule has 0 radical (unpaired) electrons. The van der Waals surface area contributed by atoms with Crippen molar-refractivity contribution in [3.05, 3.63) is 59.7 Å². The lowest BCUT2D eigenvalue weighted by Gasteiger charge is -2.28. The summed E-state index contributed by atoms with van der Waals surface area (Å²) in [6.45, 7) is 1.97. The van der Waals surface area contributed by atoms with E-state index in [4.69, 9.17) is 4.74 Å². The van der Waals surface area contributed by atoms with Gasteiger partial charge in [0.1, 0.15) is 5.75 Å². The van der Waals surface area contributed by atoms with Crippen molar-refractivity contribution in [2.45, 2.75) is 30.2 Å². The second-order valence-corrected chi connectivity index (χ2v) is 8.97. The molecule has 1 aliphatic heterocycles. The van der Waals surface area contributed by atoms with E-state index in [1.54, 1.807) is 37.9 Å². The van der Waals surface area contributed by atoms with Gasteiger partial charge in [-0.3, -0.25) is 9.36 Å². The number of methoxy groups -OCH3 is 1. The molecule has 2 heterocycles. The number of carbonyl (C=O) groups is 1. The van der Waals surface area contributed by atoms with Crippen LogP contribution in [0.1, 0.15) is 35.2 Å². The molecular formula is C24H29N5O2S. The first kappa shape index (κ1) is 22.2. The normalized spacial score (nSPS) is 13.8. The van der Waals surface area contributed by atoms with Gasteiger partial charge >= 0.3 is 0 Å². The summed E-state index contributed by atoms with van der Waals surface area (Å²) in [6.07, 6.45) is 3.59. The molecule has 0 saturated carbocycles. The fraction of sp³-hybridized carbons (Fsp3) is 0.375. The Morgan fingerprint density at radius 1 is 1.03 bits per heavy atom. The lowest BCUT2D eigenvalue weighted by Crippen LogP contribution is -2.31. The third kappa shape index (κ3) is 4.75. The summed E-state index contributed by atoms with van der Waals surface area (Å²) in [6, 6.07) is 15.7. The van der Waals surface area contributed by atoms with Crippen molar-refractivity contribution in [1.29, 1.82) is 0 Å². The van der Waals surface area contributed by atoms with Gasteiger partial charge in [0.25, 0.3) is 5.91 Å². The van der Waals surface area contributed by atoms with Crippen molar-refractivity contribution < 1.29 is 9.53 Å². The number of carbonyl (C=O) groups excluding carboxylic acids is 1. The number of para-hydroxylation sites is 2. The second-order valence-electron chi connectivity index (χ2n) is 8.02. The van der Waals surface area contributed by atoms with E-state index >= 15 is 0 Å². The molecule has 32 heavy (non-hydrogen) atoms. The van der Waals surface area contributed by atoms with Crippen LogP contribution in [0.3, 0.4) is 0 Å². The monoisotopic (exact) mass is 451 g/mol. The molecule has 2 aromatic carbocycles. The molecule has 0 spiro atoms. The van der Waals surface area contributed by atoms with Gasteiger partial charge in [-0.05, 0) is 49.1 Å². The minimum absolute atomic E-state index is 0.00583. The Labute approximate surface area is 193 Å². The maximum atomic E-state index is 12.1. The Morgan fingerprint density at radius 3 is 2.44 bits per heavy atom. The Morgan fingerprint density at radius 2 is 1.75 bits per heavy atom. The van der Waals surface area contributed by atoms with Crippen molar-refractivity contribution in [2.24, 2.45) is 0 Å². The Balaban J connectivity index is 1.61. The molecule has 1 amide bonds. The number of amides is 1. The molecule has 1 aromatic heterocycles. The lowest BCUT2D eigenvalue weighted by atomic mass is 10.1. The lowest BCUT2D eigenvalue weighted by molar-refractivity contribution is 0.0827. The van der Waals surface area contributed by atoms with Gasteiger partial charge in [-0.2, -0.15) is 0 Å². The maximum Gasteiger partial charge on any atom is 0.253 e. The Hall–Kier alpha value is -3.00. The minimum atomic E-state index is 0.00583. The van der Waals surface area contributed by atoms with Gasteiger partial charge in [0.2, 0.25) is 5.95 Å². The van der Waals surface area contributed by atoms with E-state index in [1.165, 1.54) is 19.3 Å². The first-order chi connectivity index (χ1) is 15.6. The van der Waals surface area contributed by atoms with Crippen LogP contribution < -0.4 is 9.64 Å². The van der Waals surface area contributed by atoms with Gasteiger partial charge in [0.05, 0.1) is 12.8 Å². The number of ether oxygens (including phenoxy) is 1. The molecule has 0 unspecified atom stereocenters. The zero-order valence-electron chi connectivity index (χ0n) is 18.8. The van der Waals surface area contributed by atoms with Gasteiger partial charge < -0.3 is 14.5 Å². The molecular weight excluding hydrogens is 422 g/mol. The summed E-state index contributed by atoms with van der Waals surface area (Å²) < 4.78 is 7.75. The standard InChI is InChI=1S/C24H29N5O2S/c1-27(2)22(30)19-13-11-18(12-14-19)17-32-24-26-25-23(28-15-7-4-8-16-28)29(24)20-9-5-6-10-21(20)31-3/h5-6,9-14H,4,7-8,15-17H2,1-3H3. The summed E-state index contributed by atoms with van der Waals surface area (Å²) >= 11 is 1.63. The van der Waals surface area contributed by atoms with Gasteiger partial charge in [0, 0.05) is 38.5 Å². The molecule has 168 valence electrons. The number of nitrogens with zero attached hydrogens (tertiary/aromatic N) is 5. The van der Waals surface area contributed by atoms with Crippen molar-refractivity contribution in [2.75, 3.05) is 39.2 Å². The number of hydrogen-bond acceptors (Lipinski definition) is 6. The number of anilines is 1. The average Bonchev–Trinajstić information content (AvgIpc) is 3.26. The van der Waals surface area contributed by atoms with E-state index < -0.39 is 0 Å². The molecule has 4 rings (SSSR count). The first-order valence-electron chi connectivity index (χ1n) is 10.9. The number of hydrogen-bond donors (Lipinski definition) is 0. The molecule has 7 nitrogen and oxygen atoms in total. The molecule has 1 aliphatic rings. The summed E-state index contributed by atoms with van der Waals surface area (Å²) in [4.78, 5) is 16.0. The van der Waals surface area contributed by atoms with Crippen LogP contribution in [-0.4, -0.2) is 59.9 Å². The third-order valence-electron chi connectivity index (χ3n) is 5.56. The molecule has 3 aromatic rings. The molecule has 0 N–H and O–H groups in total. The van der Waals surface area contributed by atoms with E-state index in [9.17, 15) is 4.79 Å². The van der Waals surface area contributed by atoms with E-state index in [-0.39, 0.29) is 5.91 Å². The van der Waals surface area contributed by atoms with Gasteiger partial charge in [-0.25, -0.2) is 0 Å². The van der Waals surface area contributed by atoms with E-state index in [1.807, 2.05) is 48.5 Å². The van der Waals surface area contributed by atoms with Gasteiger partial charge in [0.15, 0.2) is 5.16 Å². The summed E-state index contributed by atoms with van der Waals surface area (Å²) in [5, 5.41) is 9.94. The van der Waals surface area contributed by atoms with Gasteiger partial charge in [-0.15, -0.1) is 10.2 Å². The molecule has 0 aliphatic carbocycles. The van der Waals surface area contributed by atoms with E-state index in [0.717, 1.165) is 46.9 Å². The highest BCUT2D eigenvalue weighted by Crippen LogP contribution is 2.33. The SMILES string of the molecule is COc1ccccc1-n1c(SCc2ccc(C(=O)N(C)C)cc2)nnc1N1CCCCC1. The predicted octanol–water partition coefficient (Wildman–Crippen LogP) is 4.26. The number of benzene rings is 2. The largest absolute Gasteiger partial charge is 0.495 e. The predicted molar refractivity (Wildman–Crippen MR) is 128 cm³/mol. The van der Waals surface area contributed by atoms with Crippen LogP contribution in [0.15, 0.2) is 53.7 Å². The molecule has 1 saturated heterocycles. The molecule has 0 atom stereocenters. The van der Waals surface area contributed by atoms with Crippen LogP contribution in [0.2, 0.25) is 0 Å². The zero-order valence-corrected chi connectivity index (χ0v) is 19.6. The molecule has 0 bridgehead atoms. The quantitative estimate of drug-likeness (QED) is 0.500. The fourth-order valence-electron chi connectivity index (χ4n) is 3.83. The van der Waals surface area contributed by atoms with Crippen molar-refractivity contribution in [3.63, 3.8) is 0 Å². The van der Waals surface area contributed by atoms with Crippen LogP contribution in [0.25, 0.3) is 5.69 Å². The summed E-state index contributed by atoms with van der Waals surface area (Å²) in [5.74, 6) is 2.39. The third-order valence-corrected chi connectivity index (χ3v) is 6.56. The molecule has 8 heteroatoms. The second kappa shape index (κ2) is 10.1. The van der Waals surface area contributed by atoms with Crippen molar-refractivity contribution in [1.82, 2.24) is 19.7 Å². The average molecular weight is 452 g/mol. The van der Waals surface area contributed by atoms with Crippen LogP contribution in [0.4, 0.5) is 5.95 Å². The Bertz CT molecular complexity index is 1060. The topological polar surface area (TPSA) is 63.5 Å². The maximum absolute atomic E-state index is 12.1. The smallest absolute Gasteiger partial charge is 0.253 e. The Kier molecular flexibility index (Phi) is 6.99. The highest BCUT2D eigenvalue weighted by molar-refractivity contribution is 7.98. The summed E-state index contributed by atoms with van der Waals surface area (Å²) in [7, 11) is 5.21. The van der Waals surface area contributed by atoms with Crippen LogP contribution in [0, 0.1) is 0 Å². The zero-order chi connectivity index (χ0) is 22.5. The van der Waals surface area contributed by atoms with Crippen LogP contribution >= 0.6 is 11.8 Å². The fourth-order valence-corrected chi connectivity index (χ4v) is 4.73. The summed E-state index contributed by atoms with van der Waals surface area (Å²) in [5.41, 5.74) is 2.75. The van der Waals surface area contributed by atoms with E-state index in [0.29, 0.717) is 5.56 Å². The minimum Gasteiger partial charge on any atom is -0.495 e. The van der Waals surface area contributed by atoms with Gasteiger partial charge in [-0.1, -0.05) is 36.0 Å². The highest BCUT2D eigenvalue weighted by Gasteiger charge is 2.23. The highest BCUT2D eigenvalue weighted by atomic mass is 32.2. The van der Waals surface area contributed by atoms with Crippen LogP contribution in [-0.2, 0) is 5.75 Å². The van der Waals surface area contributed by atoms with Crippen molar-refractivity contribution >= 4 is 23.6 Å². The number of piperidine rings is 1.